The maximum atomic E-state index is 11.9. The molecule has 1 rings (SSSR count). The molecule has 1 aromatic heterocycles. The molecule has 0 aliphatic rings. The van der Waals surface area contributed by atoms with E-state index in [2.05, 4.69) is 5.10 Å². The van der Waals surface area contributed by atoms with Gasteiger partial charge in [0.2, 0.25) is 5.78 Å². The van der Waals surface area contributed by atoms with Crippen LogP contribution in [-0.4, -0.2) is 22.7 Å². The fourth-order valence-electron chi connectivity index (χ4n) is 1.43. The number of hydrogen-bond acceptors (Lipinski definition) is 3. The average molecular weight is 222 g/mol. The molecule has 0 atom stereocenters. The standard InChI is InChI=1S/C12H18N2O2/c1-5-6-7-10(15)12-11(16-4)8-13-14(12)9(2)3/h6-9H,5H2,1-4H3/b7-6+. The molecule has 88 valence electrons. The lowest BCUT2D eigenvalue weighted by Crippen LogP contribution is -2.12. The highest BCUT2D eigenvalue weighted by Gasteiger charge is 2.18. The highest BCUT2D eigenvalue weighted by atomic mass is 16.5. The molecule has 0 saturated carbocycles. The Balaban J connectivity index is 3.12. The summed E-state index contributed by atoms with van der Waals surface area (Å²) in [6.07, 6.45) is 5.81. The fraction of sp³-hybridized carbons (Fsp3) is 0.500. The average Bonchev–Trinajstić information content (AvgIpc) is 2.69. The Hall–Kier alpha value is -1.58. The molecule has 1 aromatic rings. The molecule has 4 heteroatoms. The van der Waals surface area contributed by atoms with Gasteiger partial charge in [0.15, 0.2) is 11.4 Å². The van der Waals surface area contributed by atoms with E-state index in [1.165, 1.54) is 0 Å². The van der Waals surface area contributed by atoms with Crippen LogP contribution in [0.3, 0.4) is 0 Å². The number of carbonyl (C=O) groups excluding carboxylic acids is 1. The van der Waals surface area contributed by atoms with Crippen molar-refractivity contribution in [2.24, 2.45) is 0 Å². The molecule has 0 unspecified atom stereocenters. The lowest BCUT2D eigenvalue weighted by molar-refractivity contribution is 0.103. The number of hydrogen-bond donors (Lipinski definition) is 0. The zero-order chi connectivity index (χ0) is 12.1. The third kappa shape index (κ3) is 2.51. The Morgan fingerprint density at radius 1 is 1.62 bits per heavy atom. The van der Waals surface area contributed by atoms with Gasteiger partial charge in [0.1, 0.15) is 0 Å². The van der Waals surface area contributed by atoms with E-state index in [9.17, 15) is 4.79 Å². The van der Waals surface area contributed by atoms with Crippen LogP contribution in [0.25, 0.3) is 0 Å². The smallest absolute Gasteiger partial charge is 0.207 e. The van der Waals surface area contributed by atoms with Gasteiger partial charge >= 0.3 is 0 Å². The first-order valence-electron chi connectivity index (χ1n) is 5.44. The first-order chi connectivity index (χ1) is 7.61. The number of carbonyl (C=O) groups is 1. The van der Waals surface area contributed by atoms with Gasteiger partial charge in [-0.25, -0.2) is 0 Å². The number of methoxy groups -OCH3 is 1. The first-order valence-corrected chi connectivity index (χ1v) is 5.44. The summed E-state index contributed by atoms with van der Waals surface area (Å²) in [5.74, 6) is 0.462. The SMILES string of the molecule is CC/C=C/C(=O)c1c(OC)cnn1C(C)C. The van der Waals surface area contributed by atoms with Crippen molar-refractivity contribution in [3.05, 3.63) is 24.0 Å². The van der Waals surface area contributed by atoms with E-state index in [0.29, 0.717) is 11.4 Å². The molecular formula is C12H18N2O2. The van der Waals surface area contributed by atoms with Crippen LogP contribution >= 0.6 is 0 Å². The maximum absolute atomic E-state index is 11.9. The molecule has 1 heterocycles. The summed E-state index contributed by atoms with van der Waals surface area (Å²) in [4.78, 5) is 11.9. The highest BCUT2D eigenvalue weighted by Crippen LogP contribution is 2.21. The number of ketones is 1. The third-order valence-electron chi connectivity index (χ3n) is 2.21. The molecule has 0 aliphatic carbocycles. The molecule has 0 spiro atoms. The highest BCUT2D eigenvalue weighted by molar-refractivity contribution is 6.05. The minimum atomic E-state index is -0.0649. The van der Waals surface area contributed by atoms with E-state index in [4.69, 9.17) is 4.74 Å². The number of aromatic nitrogens is 2. The molecule has 0 amide bonds. The van der Waals surface area contributed by atoms with Crippen molar-refractivity contribution in [1.29, 1.82) is 0 Å². The van der Waals surface area contributed by atoms with Gasteiger partial charge in [-0.1, -0.05) is 13.0 Å². The minimum Gasteiger partial charge on any atom is -0.493 e. The topological polar surface area (TPSA) is 44.1 Å². The summed E-state index contributed by atoms with van der Waals surface area (Å²) in [6.45, 7) is 5.94. The van der Waals surface area contributed by atoms with Crippen molar-refractivity contribution in [1.82, 2.24) is 9.78 Å². The van der Waals surface area contributed by atoms with Crippen LogP contribution in [0.5, 0.6) is 5.75 Å². The van der Waals surface area contributed by atoms with Gasteiger partial charge in [0.05, 0.1) is 13.3 Å². The maximum Gasteiger partial charge on any atom is 0.207 e. The van der Waals surface area contributed by atoms with Crippen molar-refractivity contribution in [3.63, 3.8) is 0 Å². The quantitative estimate of drug-likeness (QED) is 0.568. The van der Waals surface area contributed by atoms with E-state index in [1.54, 1.807) is 24.1 Å². The Morgan fingerprint density at radius 2 is 2.31 bits per heavy atom. The summed E-state index contributed by atoms with van der Waals surface area (Å²) < 4.78 is 6.82. The molecule has 0 aliphatic heterocycles. The van der Waals surface area contributed by atoms with Crippen molar-refractivity contribution in [2.75, 3.05) is 7.11 Å². The van der Waals surface area contributed by atoms with Crippen molar-refractivity contribution >= 4 is 5.78 Å². The van der Waals surface area contributed by atoms with Crippen LogP contribution in [0.1, 0.15) is 43.7 Å². The van der Waals surface area contributed by atoms with Gasteiger partial charge < -0.3 is 4.74 Å². The molecular weight excluding hydrogens is 204 g/mol. The van der Waals surface area contributed by atoms with E-state index >= 15 is 0 Å². The van der Waals surface area contributed by atoms with Crippen molar-refractivity contribution in [2.45, 2.75) is 33.2 Å². The number of ether oxygens (including phenoxy) is 1. The van der Waals surface area contributed by atoms with E-state index in [0.717, 1.165) is 6.42 Å². The zero-order valence-electron chi connectivity index (χ0n) is 10.2. The Labute approximate surface area is 95.9 Å². The molecule has 0 N–H and O–H groups in total. The van der Waals surface area contributed by atoms with Crippen LogP contribution in [0.4, 0.5) is 0 Å². The predicted octanol–water partition coefficient (Wildman–Crippen LogP) is 2.62. The van der Waals surface area contributed by atoms with Crippen LogP contribution in [0.15, 0.2) is 18.3 Å². The fourth-order valence-corrected chi connectivity index (χ4v) is 1.43. The van der Waals surface area contributed by atoms with Crippen LogP contribution in [0, 0.1) is 0 Å². The van der Waals surface area contributed by atoms with Gasteiger partial charge in [-0.3, -0.25) is 9.48 Å². The predicted molar refractivity (Wildman–Crippen MR) is 62.9 cm³/mol. The molecule has 0 aromatic carbocycles. The molecule has 0 bridgehead atoms. The Kier molecular flexibility index (Phi) is 4.28. The van der Waals surface area contributed by atoms with Crippen molar-refractivity contribution < 1.29 is 9.53 Å². The second kappa shape index (κ2) is 5.49. The van der Waals surface area contributed by atoms with E-state index in [-0.39, 0.29) is 11.8 Å². The molecule has 4 nitrogen and oxygen atoms in total. The summed E-state index contributed by atoms with van der Waals surface area (Å²) in [5, 5.41) is 4.15. The molecule has 0 fully saturated rings. The summed E-state index contributed by atoms with van der Waals surface area (Å²) in [5.41, 5.74) is 0.516. The van der Waals surface area contributed by atoms with Gasteiger partial charge in [-0.2, -0.15) is 5.10 Å². The largest absolute Gasteiger partial charge is 0.493 e. The summed E-state index contributed by atoms with van der Waals surface area (Å²) in [6, 6.07) is 0.137. The molecule has 16 heavy (non-hydrogen) atoms. The second-order valence-corrected chi connectivity index (χ2v) is 3.77. The normalized spacial score (nSPS) is 11.3. The second-order valence-electron chi connectivity index (χ2n) is 3.77. The lowest BCUT2D eigenvalue weighted by atomic mass is 10.2. The van der Waals surface area contributed by atoms with Crippen LogP contribution in [0.2, 0.25) is 0 Å². The van der Waals surface area contributed by atoms with Gasteiger partial charge in [-0.05, 0) is 26.3 Å². The van der Waals surface area contributed by atoms with E-state index in [1.807, 2.05) is 26.8 Å². The van der Waals surface area contributed by atoms with Gasteiger partial charge in [0, 0.05) is 6.04 Å². The summed E-state index contributed by atoms with van der Waals surface area (Å²) >= 11 is 0. The third-order valence-corrected chi connectivity index (χ3v) is 2.21. The summed E-state index contributed by atoms with van der Waals surface area (Å²) in [7, 11) is 1.54. The Bertz CT molecular complexity index is 392. The minimum absolute atomic E-state index is 0.0649. The molecule has 0 radical (unpaired) electrons. The zero-order valence-corrected chi connectivity index (χ0v) is 10.2. The van der Waals surface area contributed by atoms with Crippen molar-refractivity contribution in [3.8, 4) is 5.75 Å². The van der Waals surface area contributed by atoms with Crippen LogP contribution < -0.4 is 4.74 Å². The monoisotopic (exact) mass is 222 g/mol. The Morgan fingerprint density at radius 3 is 2.81 bits per heavy atom. The molecule has 0 saturated heterocycles. The first kappa shape index (κ1) is 12.5. The lowest BCUT2D eigenvalue weighted by Gasteiger charge is -2.09. The number of nitrogens with zero attached hydrogens (tertiary/aromatic N) is 2. The number of allylic oxidation sites excluding steroid dienone is 2. The van der Waals surface area contributed by atoms with Gasteiger partial charge in [-0.15, -0.1) is 0 Å². The number of rotatable bonds is 5. The van der Waals surface area contributed by atoms with Crippen LogP contribution in [-0.2, 0) is 0 Å². The van der Waals surface area contributed by atoms with Gasteiger partial charge in [0.25, 0.3) is 0 Å². The van der Waals surface area contributed by atoms with E-state index < -0.39 is 0 Å².